The fourth-order valence-corrected chi connectivity index (χ4v) is 3.92. The lowest BCUT2D eigenvalue weighted by Crippen LogP contribution is -2.42. The Morgan fingerprint density at radius 2 is 2.20 bits per heavy atom. The van der Waals surface area contributed by atoms with Gasteiger partial charge in [0.2, 0.25) is 0 Å². The molecule has 1 aromatic carbocycles. The molecule has 1 nitrogen and oxygen atoms in total. The highest BCUT2D eigenvalue weighted by Crippen LogP contribution is 2.45. The molecule has 20 heavy (non-hydrogen) atoms. The molecule has 2 unspecified atom stereocenters. The maximum Gasteiger partial charge on any atom is 0.0408 e. The van der Waals surface area contributed by atoms with E-state index >= 15 is 0 Å². The Morgan fingerprint density at radius 3 is 2.80 bits per heavy atom. The average molecular weight is 294 g/mol. The third-order valence-corrected chi connectivity index (χ3v) is 5.06. The van der Waals surface area contributed by atoms with Crippen molar-refractivity contribution >= 4 is 11.6 Å². The number of halogens is 1. The second-order valence-electron chi connectivity index (χ2n) is 6.88. The van der Waals surface area contributed by atoms with Crippen LogP contribution in [0.3, 0.4) is 0 Å². The van der Waals surface area contributed by atoms with Crippen LogP contribution in [0, 0.1) is 11.3 Å². The molecule has 0 aliphatic heterocycles. The Labute approximate surface area is 129 Å². The summed E-state index contributed by atoms with van der Waals surface area (Å²) in [6.07, 6.45) is 6.37. The number of nitrogens with one attached hydrogen (secondary N) is 1. The molecule has 1 saturated carbocycles. The molecule has 2 rings (SSSR count). The first-order valence-electron chi connectivity index (χ1n) is 8.01. The Bertz CT molecular complexity index is 427. The molecule has 2 heteroatoms. The molecule has 0 bridgehead atoms. The van der Waals surface area contributed by atoms with E-state index in [0.29, 0.717) is 11.5 Å². The Balaban J connectivity index is 2.11. The van der Waals surface area contributed by atoms with Crippen molar-refractivity contribution in [2.45, 2.75) is 58.9 Å². The second-order valence-corrected chi connectivity index (χ2v) is 7.32. The van der Waals surface area contributed by atoms with E-state index in [2.05, 4.69) is 44.3 Å². The van der Waals surface area contributed by atoms with Crippen molar-refractivity contribution in [3.8, 4) is 0 Å². The van der Waals surface area contributed by atoms with Gasteiger partial charge in [0, 0.05) is 11.1 Å². The fourth-order valence-electron chi connectivity index (χ4n) is 3.70. The van der Waals surface area contributed by atoms with Crippen LogP contribution in [0.5, 0.6) is 0 Å². The van der Waals surface area contributed by atoms with E-state index in [1.165, 1.54) is 31.2 Å². The molecule has 1 N–H and O–H groups in total. The van der Waals surface area contributed by atoms with Crippen LogP contribution in [0.15, 0.2) is 24.3 Å². The van der Waals surface area contributed by atoms with E-state index < -0.39 is 0 Å². The molecular weight excluding hydrogens is 266 g/mol. The molecule has 1 aliphatic rings. The first-order valence-corrected chi connectivity index (χ1v) is 8.38. The predicted octanol–water partition coefficient (Wildman–Crippen LogP) is 5.08. The minimum absolute atomic E-state index is 0.462. The molecule has 1 aliphatic carbocycles. The molecule has 1 fully saturated rings. The molecule has 112 valence electrons. The highest BCUT2D eigenvalue weighted by Gasteiger charge is 2.39. The van der Waals surface area contributed by atoms with Gasteiger partial charge in [-0.25, -0.2) is 0 Å². The van der Waals surface area contributed by atoms with E-state index in [1.54, 1.807) is 0 Å². The average Bonchev–Trinajstić information content (AvgIpc) is 2.74. The smallest absolute Gasteiger partial charge is 0.0408 e. The third-order valence-electron chi connectivity index (χ3n) is 4.83. The summed E-state index contributed by atoms with van der Waals surface area (Å²) in [4.78, 5) is 0. The van der Waals surface area contributed by atoms with Crippen molar-refractivity contribution in [1.82, 2.24) is 5.32 Å². The number of benzene rings is 1. The third kappa shape index (κ3) is 3.99. The molecule has 0 aromatic heterocycles. The van der Waals surface area contributed by atoms with Gasteiger partial charge in [0.25, 0.3) is 0 Å². The van der Waals surface area contributed by atoms with Crippen LogP contribution >= 0.6 is 11.6 Å². The van der Waals surface area contributed by atoms with Gasteiger partial charge in [0.1, 0.15) is 0 Å². The van der Waals surface area contributed by atoms with E-state index in [1.807, 2.05) is 6.07 Å². The van der Waals surface area contributed by atoms with Crippen LogP contribution < -0.4 is 5.32 Å². The highest BCUT2D eigenvalue weighted by molar-refractivity contribution is 6.30. The van der Waals surface area contributed by atoms with Crippen molar-refractivity contribution in [3.05, 3.63) is 34.9 Å². The van der Waals surface area contributed by atoms with Crippen molar-refractivity contribution in [3.63, 3.8) is 0 Å². The van der Waals surface area contributed by atoms with Gasteiger partial charge in [-0.15, -0.1) is 0 Å². The molecule has 2 atom stereocenters. The maximum absolute atomic E-state index is 6.13. The molecule has 1 aromatic rings. The van der Waals surface area contributed by atoms with E-state index in [9.17, 15) is 0 Å². The lowest BCUT2D eigenvalue weighted by Gasteiger charge is -2.35. The van der Waals surface area contributed by atoms with Gasteiger partial charge >= 0.3 is 0 Å². The Hall–Kier alpha value is -0.530. The first kappa shape index (κ1) is 15.9. The van der Waals surface area contributed by atoms with Crippen LogP contribution in [0.4, 0.5) is 0 Å². The molecule has 0 heterocycles. The summed E-state index contributed by atoms with van der Waals surface area (Å²) < 4.78 is 0. The number of hydrogen-bond acceptors (Lipinski definition) is 1. The van der Waals surface area contributed by atoms with Gasteiger partial charge in [-0.3, -0.25) is 0 Å². The van der Waals surface area contributed by atoms with Crippen molar-refractivity contribution in [1.29, 1.82) is 0 Å². The van der Waals surface area contributed by atoms with E-state index in [-0.39, 0.29) is 0 Å². The summed E-state index contributed by atoms with van der Waals surface area (Å²) in [5.74, 6) is 0.771. The predicted molar refractivity (Wildman–Crippen MR) is 88.4 cm³/mol. The van der Waals surface area contributed by atoms with Crippen LogP contribution in [0.25, 0.3) is 0 Å². The molecule has 0 radical (unpaired) electrons. The Morgan fingerprint density at radius 1 is 1.40 bits per heavy atom. The molecule has 0 saturated heterocycles. The lowest BCUT2D eigenvalue weighted by molar-refractivity contribution is 0.195. The standard InChI is InChI=1S/C18H28ClN/c1-4-11-20-17(16-9-6-10-18(16,2)3)13-14-7-5-8-15(19)12-14/h5,7-8,12,16-17,20H,4,6,9-11,13H2,1-3H3. The molecule has 0 amide bonds. The molecule has 0 spiro atoms. The number of rotatable bonds is 6. The fraction of sp³-hybridized carbons (Fsp3) is 0.667. The zero-order chi connectivity index (χ0) is 14.6. The van der Waals surface area contributed by atoms with Gasteiger partial charge in [-0.05, 0) is 61.3 Å². The topological polar surface area (TPSA) is 12.0 Å². The van der Waals surface area contributed by atoms with Crippen molar-refractivity contribution in [2.75, 3.05) is 6.54 Å². The minimum atomic E-state index is 0.462. The van der Waals surface area contributed by atoms with Crippen molar-refractivity contribution < 1.29 is 0 Å². The van der Waals surface area contributed by atoms with Crippen LogP contribution in [-0.2, 0) is 6.42 Å². The van der Waals surface area contributed by atoms with Gasteiger partial charge in [0.15, 0.2) is 0 Å². The summed E-state index contributed by atoms with van der Waals surface area (Å²) in [5, 5.41) is 4.64. The summed E-state index contributed by atoms with van der Waals surface area (Å²) in [5.41, 5.74) is 1.82. The monoisotopic (exact) mass is 293 g/mol. The van der Waals surface area contributed by atoms with Crippen molar-refractivity contribution in [2.24, 2.45) is 11.3 Å². The van der Waals surface area contributed by atoms with E-state index in [0.717, 1.165) is 23.9 Å². The lowest BCUT2D eigenvalue weighted by atomic mass is 9.76. The summed E-state index contributed by atoms with van der Waals surface area (Å²) >= 11 is 6.13. The van der Waals surface area contributed by atoms with Gasteiger partial charge in [-0.1, -0.05) is 50.9 Å². The molecular formula is C18H28ClN. The van der Waals surface area contributed by atoms with Gasteiger partial charge < -0.3 is 5.32 Å². The van der Waals surface area contributed by atoms with Gasteiger partial charge in [0.05, 0.1) is 0 Å². The van der Waals surface area contributed by atoms with E-state index in [4.69, 9.17) is 11.6 Å². The summed E-state index contributed by atoms with van der Waals surface area (Å²) in [7, 11) is 0. The zero-order valence-corrected chi connectivity index (χ0v) is 13.8. The summed E-state index contributed by atoms with van der Waals surface area (Å²) in [6.45, 7) is 8.22. The zero-order valence-electron chi connectivity index (χ0n) is 13.1. The minimum Gasteiger partial charge on any atom is -0.313 e. The second kappa shape index (κ2) is 6.95. The SMILES string of the molecule is CCCNC(Cc1cccc(Cl)c1)C1CCCC1(C)C. The van der Waals surface area contributed by atoms with Gasteiger partial charge in [-0.2, -0.15) is 0 Å². The highest BCUT2D eigenvalue weighted by atomic mass is 35.5. The summed E-state index contributed by atoms with van der Waals surface area (Å²) in [6, 6.07) is 8.91. The Kier molecular flexibility index (Phi) is 5.51. The largest absolute Gasteiger partial charge is 0.313 e. The maximum atomic E-state index is 6.13. The quantitative estimate of drug-likeness (QED) is 0.771. The van der Waals surface area contributed by atoms with Crippen LogP contribution in [-0.4, -0.2) is 12.6 Å². The van der Waals surface area contributed by atoms with Crippen LogP contribution in [0.2, 0.25) is 5.02 Å². The number of hydrogen-bond donors (Lipinski definition) is 1. The van der Waals surface area contributed by atoms with Crippen LogP contribution in [0.1, 0.15) is 52.0 Å². The first-order chi connectivity index (χ1) is 9.53. The normalized spacial score (nSPS) is 22.9.